The Morgan fingerprint density at radius 3 is 2.77 bits per heavy atom. The lowest BCUT2D eigenvalue weighted by Gasteiger charge is -2.07. The Bertz CT molecular complexity index is 511. The molecule has 0 heterocycles. The number of halogens is 1. The normalized spacial score (nSPS) is 9.68. The second-order valence-electron chi connectivity index (χ2n) is 4.41. The molecule has 8 heteroatoms. The average Bonchev–Trinajstić information content (AvgIpc) is 2.48. The number of carbonyl (C=O) groups excluding carboxylic acids is 3. The Morgan fingerprint density at radius 1 is 1.23 bits per heavy atom. The van der Waals surface area contributed by atoms with E-state index in [4.69, 9.17) is 11.6 Å². The SMILES string of the molecule is O=CNOC(=O)CCCCCNC(=O)Nc1cccc(Cl)c1. The molecular weight excluding hydrogens is 310 g/mol. The van der Waals surface area contributed by atoms with Crippen LogP contribution in [0.1, 0.15) is 25.7 Å². The van der Waals surface area contributed by atoms with Gasteiger partial charge in [0.05, 0.1) is 0 Å². The van der Waals surface area contributed by atoms with Gasteiger partial charge in [-0.25, -0.2) is 9.59 Å². The van der Waals surface area contributed by atoms with E-state index in [0.29, 0.717) is 30.1 Å². The van der Waals surface area contributed by atoms with Crippen LogP contribution in [-0.4, -0.2) is 25.0 Å². The molecule has 120 valence electrons. The lowest BCUT2D eigenvalue weighted by Crippen LogP contribution is -2.29. The number of amides is 3. The maximum Gasteiger partial charge on any atom is 0.332 e. The van der Waals surface area contributed by atoms with Crippen LogP contribution in [0.4, 0.5) is 10.5 Å². The Balaban J connectivity index is 2.06. The highest BCUT2D eigenvalue weighted by atomic mass is 35.5. The number of hydrogen-bond donors (Lipinski definition) is 3. The summed E-state index contributed by atoms with van der Waals surface area (Å²) in [5.41, 5.74) is 2.46. The molecular formula is C14H18ClN3O4. The molecule has 1 aromatic carbocycles. The summed E-state index contributed by atoms with van der Waals surface area (Å²) in [7, 11) is 0. The van der Waals surface area contributed by atoms with Gasteiger partial charge in [0.2, 0.25) is 6.41 Å². The zero-order valence-corrected chi connectivity index (χ0v) is 12.7. The van der Waals surface area contributed by atoms with Crippen LogP contribution >= 0.6 is 11.6 Å². The van der Waals surface area contributed by atoms with Gasteiger partial charge in [-0.1, -0.05) is 24.1 Å². The fraction of sp³-hybridized carbons (Fsp3) is 0.357. The lowest BCUT2D eigenvalue weighted by molar-refractivity contribution is -0.154. The monoisotopic (exact) mass is 327 g/mol. The Kier molecular flexibility index (Phi) is 8.44. The van der Waals surface area contributed by atoms with Gasteiger partial charge in [0.1, 0.15) is 0 Å². The minimum Gasteiger partial charge on any atom is -0.341 e. The maximum atomic E-state index is 11.6. The van der Waals surface area contributed by atoms with Gasteiger partial charge in [0.15, 0.2) is 0 Å². The minimum atomic E-state index is -0.487. The molecule has 0 aliphatic carbocycles. The number of hydroxylamine groups is 1. The first-order valence-corrected chi connectivity index (χ1v) is 7.19. The van der Waals surface area contributed by atoms with Crippen molar-refractivity contribution in [2.24, 2.45) is 0 Å². The highest BCUT2D eigenvalue weighted by Gasteiger charge is 2.03. The molecule has 22 heavy (non-hydrogen) atoms. The molecule has 0 radical (unpaired) electrons. The van der Waals surface area contributed by atoms with E-state index in [1.807, 2.05) is 5.48 Å². The highest BCUT2D eigenvalue weighted by molar-refractivity contribution is 6.30. The maximum absolute atomic E-state index is 11.6. The molecule has 0 bridgehead atoms. The number of rotatable bonds is 9. The van der Waals surface area contributed by atoms with Crippen LogP contribution in [0.15, 0.2) is 24.3 Å². The summed E-state index contributed by atoms with van der Waals surface area (Å²) in [6, 6.07) is 6.55. The highest BCUT2D eigenvalue weighted by Crippen LogP contribution is 2.14. The summed E-state index contributed by atoms with van der Waals surface area (Å²) in [6.07, 6.45) is 2.62. The van der Waals surface area contributed by atoms with E-state index in [9.17, 15) is 14.4 Å². The summed E-state index contributed by atoms with van der Waals surface area (Å²) in [6.45, 7) is 0.494. The van der Waals surface area contributed by atoms with Crippen molar-refractivity contribution in [3.05, 3.63) is 29.3 Å². The van der Waals surface area contributed by atoms with Crippen molar-refractivity contribution in [3.63, 3.8) is 0 Å². The van der Waals surface area contributed by atoms with Gasteiger partial charge in [-0.3, -0.25) is 4.79 Å². The summed E-state index contributed by atoms with van der Waals surface area (Å²) in [5, 5.41) is 5.92. The van der Waals surface area contributed by atoms with Gasteiger partial charge in [0.25, 0.3) is 0 Å². The van der Waals surface area contributed by atoms with E-state index < -0.39 is 5.97 Å². The third-order valence-corrected chi connectivity index (χ3v) is 2.88. The molecule has 0 saturated heterocycles. The first-order chi connectivity index (χ1) is 10.6. The predicted molar refractivity (Wildman–Crippen MR) is 82.2 cm³/mol. The van der Waals surface area contributed by atoms with Crippen molar-refractivity contribution >= 4 is 35.7 Å². The molecule has 0 unspecified atom stereocenters. The molecule has 0 atom stereocenters. The molecule has 0 aliphatic rings. The number of hydrogen-bond acceptors (Lipinski definition) is 4. The fourth-order valence-corrected chi connectivity index (χ4v) is 1.85. The van der Waals surface area contributed by atoms with Crippen LogP contribution < -0.4 is 16.1 Å². The fourth-order valence-electron chi connectivity index (χ4n) is 1.66. The number of unbranched alkanes of at least 4 members (excludes halogenated alkanes) is 2. The van der Waals surface area contributed by atoms with Crippen LogP contribution in [-0.2, 0) is 14.4 Å². The Morgan fingerprint density at radius 2 is 2.05 bits per heavy atom. The van der Waals surface area contributed by atoms with Gasteiger partial charge < -0.3 is 15.5 Å². The zero-order valence-electron chi connectivity index (χ0n) is 11.9. The second-order valence-corrected chi connectivity index (χ2v) is 4.85. The molecule has 0 saturated carbocycles. The Labute approximate surface area is 133 Å². The van der Waals surface area contributed by atoms with Crippen molar-refractivity contribution in [3.8, 4) is 0 Å². The van der Waals surface area contributed by atoms with E-state index in [0.717, 1.165) is 12.8 Å². The van der Waals surface area contributed by atoms with E-state index in [2.05, 4.69) is 15.5 Å². The summed E-state index contributed by atoms with van der Waals surface area (Å²) in [5.74, 6) is -0.487. The smallest absolute Gasteiger partial charge is 0.332 e. The number of nitrogens with one attached hydrogen (secondary N) is 3. The van der Waals surface area contributed by atoms with Crippen LogP contribution in [0.25, 0.3) is 0 Å². The third kappa shape index (κ3) is 8.11. The van der Waals surface area contributed by atoms with Crippen molar-refractivity contribution in [1.82, 2.24) is 10.8 Å². The first kappa shape index (κ1) is 17.8. The van der Waals surface area contributed by atoms with Gasteiger partial charge in [0, 0.05) is 23.7 Å². The standard InChI is InChI=1S/C14H18ClN3O4/c15-11-5-4-6-12(9-11)18-14(21)16-8-3-1-2-7-13(20)22-17-10-19/h4-6,9-10H,1-3,7-8H2,(H,17,19)(H2,16,18,21). The van der Waals surface area contributed by atoms with Crippen molar-refractivity contribution < 1.29 is 19.2 Å². The quantitative estimate of drug-likeness (QED) is 0.368. The van der Waals surface area contributed by atoms with Gasteiger partial charge in [-0.2, -0.15) is 5.48 Å². The van der Waals surface area contributed by atoms with Crippen molar-refractivity contribution in [2.75, 3.05) is 11.9 Å². The third-order valence-electron chi connectivity index (χ3n) is 2.65. The summed E-state index contributed by atoms with van der Waals surface area (Å²) in [4.78, 5) is 36.9. The molecule has 3 amide bonds. The van der Waals surface area contributed by atoms with Crippen molar-refractivity contribution in [2.45, 2.75) is 25.7 Å². The van der Waals surface area contributed by atoms with Gasteiger partial charge >= 0.3 is 12.0 Å². The van der Waals surface area contributed by atoms with Crippen LogP contribution in [0.2, 0.25) is 5.02 Å². The molecule has 0 aliphatic heterocycles. The zero-order chi connectivity index (χ0) is 16.2. The summed E-state index contributed by atoms with van der Waals surface area (Å²) < 4.78 is 0. The van der Waals surface area contributed by atoms with E-state index >= 15 is 0 Å². The van der Waals surface area contributed by atoms with Crippen LogP contribution in [0, 0.1) is 0 Å². The van der Waals surface area contributed by atoms with E-state index in [1.165, 1.54) is 0 Å². The second kappa shape index (κ2) is 10.4. The first-order valence-electron chi connectivity index (χ1n) is 6.81. The average molecular weight is 328 g/mol. The van der Waals surface area contributed by atoms with Crippen LogP contribution in [0.3, 0.4) is 0 Å². The topological polar surface area (TPSA) is 96.5 Å². The molecule has 1 rings (SSSR count). The number of benzene rings is 1. The summed E-state index contributed by atoms with van der Waals surface area (Å²) >= 11 is 5.81. The molecule has 0 fully saturated rings. The number of carbonyl (C=O) groups is 3. The number of urea groups is 1. The van der Waals surface area contributed by atoms with E-state index in [-0.39, 0.29) is 12.5 Å². The lowest BCUT2D eigenvalue weighted by atomic mass is 10.2. The number of anilines is 1. The molecule has 7 nitrogen and oxygen atoms in total. The van der Waals surface area contributed by atoms with E-state index in [1.54, 1.807) is 24.3 Å². The molecule has 1 aromatic rings. The van der Waals surface area contributed by atoms with Gasteiger partial charge in [-0.15, -0.1) is 0 Å². The Hall–Kier alpha value is -2.28. The minimum absolute atomic E-state index is 0.218. The largest absolute Gasteiger partial charge is 0.341 e. The molecule has 0 spiro atoms. The van der Waals surface area contributed by atoms with Gasteiger partial charge in [-0.05, 0) is 31.0 Å². The molecule has 0 aromatic heterocycles. The van der Waals surface area contributed by atoms with Crippen LogP contribution in [0.5, 0.6) is 0 Å². The molecule has 3 N–H and O–H groups in total. The van der Waals surface area contributed by atoms with Crippen molar-refractivity contribution in [1.29, 1.82) is 0 Å². The predicted octanol–water partition coefficient (Wildman–Crippen LogP) is 2.23.